The normalized spacial score (nSPS) is 21.7. The van der Waals surface area contributed by atoms with Gasteiger partial charge in [-0.05, 0) is 0 Å². The van der Waals surface area contributed by atoms with E-state index in [0.29, 0.717) is 24.9 Å². The number of rotatable bonds is 2. The second-order valence-corrected chi connectivity index (χ2v) is 3.69. The van der Waals surface area contributed by atoms with E-state index < -0.39 is 0 Å². The molecule has 1 aliphatic rings. The maximum absolute atomic E-state index is 9.19. The molecule has 0 amide bonds. The number of aliphatic hydroxyl groups is 1. The molecule has 1 aromatic rings. The fraction of sp³-hybridized carbons (Fsp3) is 0.556. The molecule has 1 saturated heterocycles. The Bertz CT molecular complexity index is 337. The molecule has 6 heteroatoms. The molecular formula is C9H12ClN3O2. The summed E-state index contributed by atoms with van der Waals surface area (Å²) in [6.45, 7) is 1.90. The number of anilines is 1. The molecule has 0 bridgehead atoms. The van der Waals surface area contributed by atoms with Crippen LogP contribution in [0.15, 0.2) is 12.4 Å². The topological polar surface area (TPSA) is 58.5 Å². The molecule has 0 aliphatic carbocycles. The lowest BCUT2D eigenvalue weighted by atomic mass is 10.2. The third-order valence-electron chi connectivity index (χ3n) is 2.35. The molecular weight excluding hydrogens is 218 g/mol. The van der Waals surface area contributed by atoms with Gasteiger partial charge in [0.05, 0.1) is 25.9 Å². The molecule has 0 unspecified atom stereocenters. The van der Waals surface area contributed by atoms with Crippen LogP contribution in [0.4, 0.5) is 5.82 Å². The van der Waals surface area contributed by atoms with Crippen LogP contribution in [0, 0.1) is 0 Å². The van der Waals surface area contributed by atoms with Gasteiger partial charge in [-0.1, -0.05) is 11.6 Å². The van der Waals surface area contributed by atoms with Gasteiger partial charge in [-0.3, -0.25) is 0 Å². The van der Waals surface area contributed by atoms with Crippen molar-refractivity contribution in [3.8, 4) is 0 Å². The molecule has 1 fully saturated rings. The Labute approximate surface area is 92.7 Å². The van der Waals surface area contributed by atoms with Gasteiger partial charge in [0, 0.05) is 12.6 Å². The highest BCUT2D eigenvalue weighted by atomic mass is 35.5. The van der Waals surface area contributed by atoms with E-state index in [1.807, 2.05) is 4.90 Å². The lowest BCUT2D eigenvalue weighted by Gasteiger charge is -2.35. The van der Waals surface area contributed by atoms with Crippen LogP contribution >= 0.6 is 11.6 Å². The monoisotopic (exact) mass is 229 g/mol. The van der Waals surface area contributed by atoms with Crippen LogP contribution in [0.3, 0.4) is 0 Å². The number of morpholine rings is 1. The van der Waals surface area contributed by atoms with E-state index in [-0.39, 0.29) is 12.6 Å². The van der Waals surface area contributed by atoms with Crippen molar-refractivity contribution >= 4 is 17.4 Å². The van der Waals surface area contributed by atoms with Gasteiger partial charge in [0.15, 0.2) is 0 Å². The lowest BCUT2D eigenvalue weighted by Crippen LogP contribution is -2.48. The predicted molar refractivity (Wildman–Crippen MR) is 56.1 cm³/mol. The van der Waals surface area contributed by atoms with Crippen molar-refractivity contribution in [2.45, 2.75) is 6.04 Å². The van der Waals surface area contributed by atoms with Crippen LogP contribution in [-0.4, -0.2) is 47.5 Å². The molecule has 5 nitrogen and oxygen atoms in total. The van der Waals surface area contributed by atoms with Crippen LogP contribution in [0.25, 0.3) is 0 Å². The SMILES string of the molecule is OC[C@H]1COCCN1c1cc(Cl)ncn1. The molecule has 82 valence electrons. The average molecular weight is 230 g/mol. The van der Waals surface area contributed by atoms with E-state index in [2.05, 4.69) is 9.97 Å². The fourth-order valence-electron chi connectivity index (χ4n) is 1.59. The zero-order valence-electron chi connectivity index (χ0n) is 8.14. The van der Waals surface area contributed by atoms with Gasteiger partial charge in [0.2, 0.25) is 0 Å². The van der Waals surface area contributed by atoms with E-state index in [4.69, 9.17) is 16.3 Å². The van der Waals surface area contributed by atoms with Crippen molar-refractivity contribution in [2.24, 2.45) is 0 Å². The van der Waals surface area contributed by atoms with Crippen LogP contribution in [0.5, 0.6) is 0 Å². The highest BCUT2D eigenvalue weighted by Crippen LogP contribution is 2.18. The number of nitrogens with zero attached hydrogens (tertiary/aromatic N) is 3. The Morgan fingerprint density at radius 2 is 2.47 bits per heavy atom. The van der Waals surface area contributed by atoms with Gasteiger partial charge >= 0.3 is 0 Å². The van der Waals surface area contributed by atoms with E-state index in [1.54, 1.807) is 6.07 Å². The lowest BCUT2D eigenvalue weighted by molar-refractivity contribution is 0.0723. The molecule has 0 aromatic carbocycles. The van der Waals surface area contributed by atoms with Gasteiger partial charge in [-0.15, -0.1) is 0 Å². The molecule has 2 heterocycles. The molecule has 1 atom stereocenters. The zero-order valence-corrected chi connectivity index (χ0v) is 8.89. The van der Waals surface area contributed by atoms with Gasteiger partial charge in [-0.2, -0.15) is 0 Å². The van der Waals surface area contributed by atoms with E-state index in [9.17, 15) is 5.11 Å². The fourth-order valence-corrected chi connectivity index (χ4v) is 1.73. The second kappa shape index (κ2) is 4.74. The largest absolute Gasteiger partial charge is 0.394 e. The molecule has 1 aromatic heterocycles. The van der Waals surface area contributed by atoms with Crippen molar-refractivity contribution in [1.29, 1.82) is 0 Å². The summed E-state index contributed by atoms with van der Waals surface area (Å²) in [6, 6.07) is 1.64. The first-order chi connectivity index (χ1) is 7.31. The summed E-state index contributed by atoms with van der Waals surface area (Å²) < 4.78 is 5.28. The van der Waals surface area contributed by atoms with E-state index >= 15 is 0 Å². The Morgan fingerprint density at radius 1 is 1.60 bits per heavy atom. The van der Waals surface area contributed by atoms with Crippen molar-refractivity contribution < 1.29 is 9.84 Å². The molecule has 1 aliphatic heterocycles. The molecule has 15 heavy (non-hydrogen) atoms. The van der Waals surface area contributed by atoms with Crippen LogP contribution in [0.1, 0.15) is 0 Å². The number of halogens is 1. The van der Waals surface area contributed by atoms with Gasteiger partial charge in [0.1, 0.15) is 17.3 Å². The summed E-state index contributed by atoms with van der Waals surface area (Å²) in [5, 5.41) is 9.60. The number of aromatic nitrogens is 2. The number of aliphatic hydroxyl groups excluding tert-OH is 1. The van der Waals surface area contributed by atoms with Crippen LogP contribution < -0.4 is 4.90 Å². The third-order valence-corrected chi connectivity index (χ3v) is 2.56. The maximum Gasteiger partial charge on any atom is 0.134 e. The summed E-state index contributed by atoms with van der Waals surface area (Å²) in [5.74, 6) is 0.734. The summed E-state index contributed by atoms with van der Waals surface area (Å²) in [5.41, 5.74) is 0. The average Bonchev–Trinajstić information content (AvgIpc) is 2.29. The van der Waals surface area contributed by atoms with Gasteiger partial charge in [0.25, 0.3) is 0 Å². The highest BCUT2D eigenvalue weighted by Gasteiger charge is 2.23. The first kappa shape index (κ1) is 10.6. The van der Waals surface area contributed by atoms with Crippen molar-refractivity contribution in [3.05, 3.63) is 17.5 Å². The smallest absolute Gasteiger partial charge is 0.134 e. The van der Waals surface area contributed by atoms with Crippen molar-refractivity contribution in [3.63, 3.8) is 0 Å². The summed E-state index contributed by atoms with van der Waals surface area (Å²) in [6.07, 6.45) is 1.42. The molecule has 1 N–H and O–H groups in total. The predicted octanol–water partition coefficient (Wildman–Crippen LogP) is 0.327. The van der Waals surface area contributed by atoms with Gasteiger partial charge in [-0.25, -0.2) is 9.97 Å². The van der Waals surface area contributed by atoms with Gasteiger partial charge < -0.3 is 14.7 Å². The Balaban J connectivity index is 2.20. The van der Waals surface area contributed by atoms with E-state index in [1.165, 1.54) is 6.33 Å². The third kappa shape index (κ3) is 2.37. The van der Waals surface area contributed by atoms with Crippen LogP contribution in [-0.2, 0) is 4.74 Å². The Kier molecular flexibility index (Phi) is 3.35. The standard InChI is InChI=1S/C9H12ClN3O2/c10-8-3-9(12-6-11-8)13-1-2-15-5-7(13)4-14/h3,6-7,14H,1-2,4-5H2/t7-/m0/s1. The molecule has 2 rings (SSSR count). The number of hydrogen-bond donors (Lipinski definition) is 1. The van der Waals surface area contributed by atoms with E-state index in [0.717, 1.165) is 5.82 Å². The summed E-state index contributed by atoms with van der Waals surface area (Å²) in [4.78, 5) is 9.93. The number of ether oxygens (including phenoxy) is 1. The summed E-state index contributed by atoms with van der Waals surface area (Å²) in [7, 11) is 0. The minimum absolute atomic E-state index is 0.0433. The first-order valence-corrected chi connectivity index (χ1v) is 5.12. The maximum atomic E-state index is 9.19. The summed E-state index contributed by atoms with van der Waals surface area (Å²) >= 11 is 5.78. The number of hydrogen-bond acceptors (Lipinski definition) is 5. The Morgan fingerprint density at radius 3 is 3.20 bits per heavy atom. The highest BCUT2D eigenvalue weighted by molar-refractivity contribution is 6.29. The van der Waals surface area contributed by atoms with Crippen LogP contribution in [0.2, 0.25) is 5.15 Å². The molecule has 0 radical (unpaired) electrons. The van der Waals surface area contributed by atoms with Crippen molar-refractivity contribution in [1.82, 2.24) is 9.97 Å². The Hall–Kier alpha value is -0.910. The minimum atomic E-state index is -0.0512. The minimum Gasteiger partial charge on any atom is -0.394 e. The second-order valence-electron chi connectivity index (χ2n) is 3.30. The quantitative estimate of drug-likeness (QED) is 0.741. The molecule has 0 spiro atoms. The first-order valence-electron chi connectivity index (χ1n) is 4.74. The zero-order chi connectivity index (χ0) is 10.7. The van der Waals surface area contributed by atoms with Crippen molar-refractivity contribution in [2.75, 3.05) is 31.3 Å². The molecule has 0 saturated carbocycles.